The van der Waals surface area contributed by atoms with Gasteiger partial charge >= 0.3 is 5.97 Å². The molecule has 7 nitrogen and oxygen atoms in total. The van der Waals surface area contributed by atoms with Crippen LogP contribution in [0.5, 0.6) is 5.75 Å². The Morgan fingerprint density at radius 1 is 1.17 bits per heavy atom. The van der Waals surface area contributed by atoms with Gasteiger partial charge < -0.3 is 14.5 Å². The molecule has 0 radical (unpaired) electrons. The van der Waals surface area contributed by atoms with E-state index in [1.807, 2.05) is 24.3 Å². The quantitative estimate of drug-likeness (QED) is 0.380. The molecule has 1 unspecified atom stereocenters. The molecule has 0 aliphatic rings. The fourth-order valence-corrected chi connectivity index (χ4v) is 3.05. The van der Waals surface area contributed by atoms with Crippen molar-refractivity contribution in [2.45, 2.75) is 11.3 Å². The molecule has 3 aromatic rings. The fraction of sp³-hybridized carbons (Fsp3) is 0.143. The molecule has 29 heavy (non-hydrogen) atoms. The molecule has 0 saturated carbocycles. The Labute approximate surface area is 171 Å². The summed E-state index contributed by atoms with van der Waals surface area (Å²) in [6.45, 7) is 0. The Hall–Kier alpha value is -3.57. The molecule has 1 heterocycles. The third kappa shape index (κ3) is 4.47. The number of carbonyl (C=O) groups excluding carboxylic acids is 1. The number of ether oxygens (including phenoxy) is 2. The number of nitrogens with zero attached hydrogens (tertiary/aromatic N) is 2. The third-order valence-electron chi connectivity index (χ3n) is 4.10. The fourth-order valence-electron chi connectivity index (χ4n) is 2.68. The molecule has 0 fully saturated rings. The second kappa shape index (κ2) is 9.08. The topological polar surface area (TPSA) is 105 Å². The number of rotatable bonds is 6. The first kappa shape index (κ1) is 20.2. The summed E-state index contributed by atoms with van der Waals surface area (Å²) in [7, 11) is 1.30. The minimum absolute atomic E-state index is 0.0619. The Bertz CT molecular complexity index is 1110. The lowest BCUT2D eigenvalue weighted by Gasteiger charge is -2.17. The second-order valence-corrected chi connectivity index (χ2v) is 6.66. The van der Waals surface area contributed by atoms with Gasteiger partial charge in [-0.3, -0.25) is 4.79 Å². The first-order valence-electron chi connectivity index (χ1n) is 8.55. The van der Waals surface area contributed by atoms with E-state index in [9.17, 15) is 14.9 Å². The predicted molar refractivity (Wildman–Crippen MR) is 109 cm³/mol. The zero-order chi connectivity index (χ0) is 20.8. The lowest BCUT2D eigenvalue weighted by atomic mass is 10.1. The van der Waals surface area contributed by atoms with Crippen molar-refractivity contribution < 1.29 is 14.3 Å². The van der Waals surface area contributed by atoms with Gasteiger partial charge in [0.15, 0.2) is 5.16 Å². The summed E-state index contributed by atoms with van der Waals surface area (Å²) in [6, 6.07) is 17.6. The van der Waals surface area contributed by atoms with Crippen LogP contribution in [0.25, 0.3) is 11.3 Å². The molecule has 0 amide bonds. The lowest BCUT2D eigenvalue weighted by molar-refractivity contribution is -0.149. The highest BCUT2D eigenvalue weighted by atomic mass is 32.2. The van der Waals surface area contributed by atoms with Crippen molar-refractivity contribution in [2.75, 3.05) is 13.4 Å². The van der Waals surface area contributed by atoms with Crippen LogP contribution in [0, 0.1) is 11.3 Å². The summed E-state index contributed by atoms with van der Waals surface area (Å²) in [5, 5.41) is 9.74. The van der Waals surface area contributed by atoms with Crippen LogP contribution < -0.4 is 10.3 Å². The summed E-state index contributed by atoms with van der Waals surface area (Å²) in [5.74, 6) is -0.0886. The van der Waals surface area contributed by atoms with E-state index in [1.54, 1.807) is 42.7 Å². The van der Waals surface area contributed by atoms with E-state index in [0.717, 1.165) is 0 Å². The first-order valence-corrected chi connectivity index (χ1v) is 9.78. The predicted octanol–water partition coefficient (Wildman–Crippen LogP) is 3.32. The zero-order valence-electron chi connectivity index (χ0n) is 15.7. The number of esters is 1. The molecule has 3 rings (SSSR count). The lowest BCUT2D eigenvalue weighted by Crippen LogP contribution is -2.20. The van der Waals surface area contributed by atoms with Crippen LogP contribution in [0.3, 0.4) is 0 Å². The van der Waals surface area contributed by atoms with E-state index in [2.05, 4.69) is 9.97 Å². The molecule has 0 spiro atoms. The van der Waals surface area contributed by atoms with Gasteiger partial charge in [0.05, 0.1) is 12.8 Å². The van der Waals surface area contributed by atoms with Crippen LogP contribution in [-0.2, 0) is 9.53 Å². The molecule has 146 valence electrons. The van der Waals surface area contributed by atoms with Crippen LogP contribution >= 0.6 is 11.8 Å². The molecule has 0 aliphatic heterocycles. The molecular formula is C21H17N3O4S. The number of hydrogen-bond donors (Lipinski definition) is 1. The summed E-state index contributed by atoms with van der Waals surface area (Å²) in [5.41, 5.74) is 0.991. The van der Waals surface area contributed by atoms with E-state index in [0.29, 0.717) is 27.7 Å². The number of nitrogens with one attached hydrogen (secondary N) is 1. The smallest absolute Gasteiger partial charge is 0.351 e. The van der Waals surface area contributed by atoms with Crippen LogP contribution in [0.2, 0.25) is 0 Å². The van der Waals surface area contributed by atoms with Gasteiger partial charge in [-0.2, -0.15) is 5.26 Å². The van der Waals surface area contributed by atoms with Crippen LogP contribution in [0.1, 0.15) is 17.2 Å². The molecule has 1 N–H and O–H groups in total. The van der Waals surface area contributed by atoms with Crippen molar-refractivity contribution in [2.24, 2.45) is 0 Å². The molecule has 0 saturated heterocycles. The SMILES string of the molecule is COC(=O)C(Oc1ccc(-c2nc(SC)[nH]c(=O)c2C#N)cc1)c1ccccc1. The standard InChI is InChI=1S/C21H17N3O4S/c1-27-20(26)18(14-6-4-3-5-7-14)28-15-10-8-13(9-11-15)17-16(12-22)19(25)24-21(23-17)29-2/h3-11,18H,1-2H3,(H,23,24,25). The number of hydrogen-bond acceptors (Lipinski definition) is 7. The summed E-state index contributed by atoms with van der Waals surface area (Å²) >= 11 is 1.27. The van der Waals surface area contributed by atoms with Gasteiger partial charge in [-0.1, -0.05) is 42.1 Å². The van der Waals surface area contributed by atoms with Gasteiger partial charge in [-0.15, -0.1) is 0 Å². The van der Waals surface area contributed by atoms with E-state index < -0.39 is 17.6 Å². The number of thioether (sulfide) groups is 1. The normalized spacial score (nSPS) is 11.3. The Morgan fingerprint density at radius 2 is 1.86 bits per heavy atom. The summed E-state index contributed by atoms with van der Waals surface area (Å²) in [6.07, 6.45) is 0.865. The number of methoxy groups -OCH3 is 1. The number of aromatic amines is 1. The minimum atomic E-state index is -0.914. The minimum Gasteiger partial charge on any atom is -0.474 e. The van der Waals surface area contributed by atoms with Gasteiger partial charge in [0, 0.05) is 11.1 Å². The van der Waals surface area contributed by atoms with Crippen LogP contribution in [-0.4, -0.2) is 29.3 Å². The van der Waals surface area contributed by atoms with Gasteiger partial charge in [-0.05, 0) is 30.5 Å². The first-order chi connectivity index (χ1) is 14.1. The second-order valence-electron chi connectivity index (χ2n) is 5.87. The third-order valence-corrected chi connectivity index (χ3v) is 4.68. The van der Waals surface area contributed by atoms with Crippen molar-refractivity contribution in [1.82, 2.24) is 9.97 Å². The van der Waals surface area contributed by atoms with Crippen LogP contribution in [0.4, 0.5) is 0 Å². The average Bonchev–Trinajstić information content (AvgIpc) is 2.77. The number of benzene rings is 2. The molecule has 0 aliphatic carbocycles. The van der Waals surface area contributed by atoms with Crippen molar-refractivity contribution in [3.63, 3.8) is 0 Å². The Kier molecular flexibility index (Phi) is 6.32. The largest absolute Gasteiger partial charge is 0.474 e. The number of nitriles is 1. The number of H-pyrrole nitrogens is 1. The van der Waals surface area contributed by atoms with Crippen molar-refractivity contribution in [3.05, 3.63) is 76.1 Å². The average molecular weight is 407 g/mol. The number of aromatic nitrogens is 2. The van der Waals surface area contributed by atoms with Gasteiger partial charge in [0.2, 0.25) is 6.10 Å². The maximum atomic E-state index is 12.2. The molecule has 1 aromatic heterocycles. The Morgan fingerprint density at radius 3 is 2.45 bits per heavy atom. The van der Waals surface area contributed by atoms with Gasteiger partial charge in [0.1, 0.15) is 17.4 Å². The highest BCUT2D eigenvalue weighted by Gasteiger charge is 2.23. The molecule has 0 bridgehead atoms. The van der Waals surface area contributed by atoms with Crippen molar-refractivity contribution in [1.29, 1.82) is 5.26 Å². The highest BCUT2D eigenvalue weighted by molar-refractivity contribution is 7.98. The summed E-state index contributed by atoms with van der Waals surface area (Å²) in [4.78, 5) is 31.2. The maximum absolute atomic E-state index is 12.2. The van der Waals surface area contributed by atoms with Crippen molar-refractivity contribution in [3.8, 4) is 23.1 Å². The monoisotopic (exact) mass is 407 g/mol. The number of carbonyl (C=O) groups is 1. The molecule has 1 atom stereocenters. The van der Waals surface area contributed by atoms with E-state index in [1.165, 1.54) is 18.9 Å². The van der Waals surface area contributed by atoms with E-state index >= 15 is 0 Å². The van der Waals surface area contributed by atoms with Gasteiger partial charge in [0.25, 0.3) is 5.56 Å². The molecular weight excluding hydrogens is 390 g/mol. The van der Waals surface area contributed by atoms with E-state index in [-0.39, 0.29) is 5.56 Å². The molecule has 2 aromatic carbocycles. The molecule has 8 heteroatoms. The van der Waals surface area contributed by atoms with Crippen molar-refractivity contribution >= 4 is 17.7 Å². The van der Waals surface area contributed by atoms with Crippen LogP contribution in [0.15, 0.2) is 64.5 Å². The maximum Gasteiger partial charge on any atom is 0.351 e. The van der Waals surface area contributed by atoms with E-state index in [4.69, 9.17) is 9.47 Å². The Balaban J connectivity index is 1.93. The van der Waals surface area contributed by atoms with Gasteiger partial charge in [-0.25, -0.2) is 9.78 Å². The summed E-state index contributed by atoms with van der Waals surface area (Å²) < 4.78 is 10.7. The highest BCUT2D eigenvalue weighted by Crippen LogP contribution is 2.27. The zero-order valence-corrected chi connectivity index (χ0v) is 16.5.